The van der Waals surface area contributed by atoms with Crippen LogP contribution in [-0.2, 0) is 10.1 Å². The molecular formula is C17H14O3S. The van der Waals surface area contributed by atoms with Crippen LogP contribution in [0.4, 0.5) is 0 Å². The van der Waals surface area contributed by atoms with Gasteiger partial charge in [0.05, 0.1) is 0 Å². The van der Waals surface area contributed by atoms with Gasteiger partial charge in [0.2, 0.25) is 0 Å². The Morgan fingerprint density at radius 2 is 1.62 bits per heavy atom. The first-order valence-electron chi connectivity index (χ1n) is 6.47. The van der Waals surface area contributed by atoms with Crippen LogP contribution in [0.15, 0.2) is 60.0 Å². The molecule has 4 heteroatoms. The lowest BCUT2D eigenvalue weighted by Gasteiger charge is -2.11. The van der Waals surface area contributed by atoms with Gasteiger partial charge in [-0.15, -0.1) is 0 Å². The van der Waals surface area contributed by atoms with Crippen molar-refractivity contribution < 1.29 is 13.0 Å². The third-order valence-electron chi connectivity index (χ3n) is 3.55. The summed E-state index contributed by atoms with van der Waals surface area (Å²) in [6, 6.07) is 14.9. The molecule has 0 heterocycles. The second-order valence-electron chi connectivity index (χ2n) is 5.12. The van der Waals surface area contributed by atoms with Crippen LogP contribution in [0.1, 0.15) is 12.5 Å². The first-order valence-corrected chi connectivity index (χ1v) is 7.91. The largest absolute Gasteiger partial charge is 0.295 e. The normalized spacial score (nSPS) is 11.9. The van der Waals surface area contributed by atoms with Gasteiger partial charge in [-0.1, -0.05) is 43.0 Å². The van der Waals surface area contributed by atoms with Crippen LogP contribution in [0.3, 0.4) is 0 Å². The molecule has 0 unspecified atom stereocenters. The smallest absolute Gasteiger partial charge is 0.282 e. The molecule has 0 aromatic heterocycles. The fourth-order valence-electron chi connectivity index (χ4n) is 2.60. The number of benzene rings is 3. The Morgan fingerprint density at radius 1 is 1.00 bits per heavy atom. The zero-order chi connectivity index (χ0) is 15.2. The highest BCUT2D eigenvalue weighted by atomic mass is 32.2. The van der Waals surface area contributed by atoms with Gasteiger partial charge < -0.3 is 0 Å². The summed E-state index contributed by atoms with van der Waals surface area (Å²) in [5.41, 5.74) is 1.04. The van der Waals surface area contributed by atoms with Gasteiger partial charge in [-0.05, 0) is 46.4 Å². The Bertz CT molecular complexity index is 986. The molecule has 0 aliphatic carbocycles. The highest BCUT2D eigenvalue weighted by Gasteiger charge is 2.20. The maximum Gasteiger partial charge on any atom is 0.295 e. The van der Waals surface area contributed by atoms with Crippen molar-refractivity contribution in [2.24, 2.45) is 0 Å². The zero-order valence-corrected chi connectivity index (χ0v) is 12.3. The molecule has 3 rings (SSSR count). The molecule has 0 saturated carbocycles. The van der Waals surface area contributed by atoms with Crippen LogP contribution < -0.4 is 0 Å². The van der Waals surface area contributed by atoms with Gasteiger partial charge in [0, 0.05) is 5.39 Å². The first kappa shape index (κ1) is 13.8. The topological polar surface area (TPSA) is 54.4 Å². The van der Waals surface area contributed by atoms with E-state index in [0.717, 1.165) is 16.2 Å². The summed E-state index contributed by atoms with van der Waals surface area (Å²) >= 11 is 0. The summed E-state index contributed by atoms with van der Waals surface area (Å²) in [7, 11) is -4.33. The Kier molecular flexibility index (Phi) is 3.08. The minimum Gasteiger partial charge on any atom is -0.282 e. The fourth-order valence-corrected chi connectivity index (χ4v) is 3.58. The molecule has 0 saturated heterocycles. The molecule has 0 atom stereocenters. The molecule has 0 fully saturated rings. The number of allylic oxidation sites excluding steroid dienone is 1. The van der Waals surface area contributed by atoms with Crippen LogP contribution in [0, 0.1) is 0 Å². The zero-order valence-electron chi connectivity index (χ0n) is 11.5. The molecule has 0 bridgehead atoms. The average molecular weight is 298 g/mol. The highest BCUT2D eigenvalue weighted by molar-refractivity contribution is 7.86. The van der Waals surface area contributed by atoms with E-state index in [9.17, 15) is 13.0 Å². The average Bonchev–Trinajstić information content (AvgIpc) is 2.42. The van der Waals surface area contributed by atoms with E-state index >= 15 is 0 Å². The lowest BCUT2D eigenvalue weighted by Crippen LogP contribution is -2.03. The molecule has 0 aliphatic heterocycles. The molecule has 3 aromatic rings. The summed E-state index contributed by atoms with van der Waals surface area (Å²) in [6.07, 6.45) is 0. The Balaban J connectivity index is 2.55. The lowest BCUT2D eigenvalue weighted by atomic mass is 9.99. The maximum absolute atomic E-state index is 11.8. The van der Waals surface area contributed by atoms with Crippen LogP contribution in [0.2, 0.25) is 0 Å². The molecule has 0 amide bonds. The van der Waals surface area contributed by atoms with Crippen molar-refractivity contribution in [1.82, 2.24) is 0 Å². The minimum absolute atomic E-state index is 0.0711. The molecule has 3 aromatic carbocycles. The SMILES string of the molecule is C=C(C)c1ccc2cc3ccccc3cc2c1S(=O)(=O)O. The number of hydrogen-bond donors (Lipinski definition) is 1. The summed E-state index contributed by atoms with van der Waals surface area (Å²) in [5, 5.41) is 3.23. The van der Waals surface area contributed by atoms with E-state index in [1.807, 2.05) is 36.4 Å². The first-order chi connectivity index (χ1) is 9.88. The van der Waals surface area contributed by atoms with Crippen LogP contribution >= 0.6 is 0 Å². The van der Waals surface area contributed by atoms with E-state index in [0.29, 0.717) is 16.5 Å². The van der Waals surface area contributed by atoms with E-state index in [-0.39, 0.29) is 4.90 Å². The highest BCUT2D eigenvalue weighted by Crippen LogP contribution is 2.33. The van der Waals surface area contributed by atoms with Crippen molar-refractivity contribution in [3.63, 3.8) is 0 Å². The summed E-state index contributed by atoms with van der Waals surface area (Å²) < 4.78 is 33.3. The van der Waals surface area contributed by atoms with Gasteiger partial charge >= 0.3 is 0 Å². The van der Waals surface area contributed by atoms with Crippen molar-refractivity contribution >= 4 is 37.2 Å². The Morgan fingerprint density at radius 3 is 2.19 bits per heavy atom. The van der Waals surface area contributed by atoms with E-state index < -0.39 is 10.1 Å². The van der Waals surface area contributed by atoms with E-state index in [4.69, 9.17) is 0 Å². The Labute approximate surface area is 123 Å². The third kappa shape index (κ3) is 2.33. The monoisotopic (exact) mass is 298 g/mol. The van der Waals surface area contributed by atoms with Gasteiger partial charge in [-0.3, -0.25) is 4.55 Å². The van der Waals surface area contributed by atoms with Crippen molar-refractivity contribution in [3.8, 4) is 0 Å². The van der Waals surface area contributed by atoms with E-state index in [2.05, 4.69) is 6.58 Å². The predicted octanol–water partition coefficient (Wildman–Crippen LogP) is 4.27. The molecular weight excluding hydrogens is 284 g/mol. The molecule has 0 aliphatic rings. The van der Waals surface area contributed by atoms with Crippen LogP contribution in [-0.4, -0.2) is 13.0 Å². The number of fused-ring (bicyclic) bond motifs is 2. The number of rotatable bonds is 2. The molecule has 1 N–H and O–H groups in total. The van der Waals surface area contributed by atoms with E-state index in [1.165, 1.54) is 0 Å². The van der Waals surface area contributed by atoms with Crippen molar-refractivity contribution in [2.75, 3.05) is 0 Å². The standard InChI is InChI=1S/C17H14O3S/c1-11(2)15-8-7-14-9-12-5-3-4-6-13(12)10-16(14)17(15)21(18,19)20/h3-10H,1H2,2H3,(H,18,19,20). The van der Waals surface area contributed by atoms with Crippen LogP contribution in [0.5, 0.6) is 0 Å². The van der Waals surface area contributed by atoms with Gasteiger partial charge in [0.25, 0.3) is 10.1 Å². The van der Waals surface area contributed by atoms with Gasteiger partial charge in [-0.2, -0.15) is 8.42 Å². The molecule has 0 spiro atoms. The minimum atomic E-state index is -4.33. The molecule has 3 nitrogen and oxygen atoms in total. The summed E-state index contributed by atoms with van der Waals surface area (Å²) in [6.45, 7) is 5.51. The summed E-state index contributed by atoms with van der Waals surface area (Å²) in [5.74, 6) is 0. The number of hydrogen-bond acceptors (Lipinski definition) is 2. The van der Waals surface area contributed by atoms with Crippen molar-refractivity contribution in [1.29, 1.82) is 0 Å². The van der Waals surface area contributed by atoms with Gasteiger partial charge in [0.1, 0.15) is 4.90 Å². The maximum atomic E-state index is 11.8. The second kappa shape index (κ2) is 4.69. The molecule has 21 heavy (non-hydrogen) atoms. The summed E-state index contributed by atoms with van der Waals surface area (Å²) in [4.78, 5) is -0.0711. The predicted molar refractivity (Wildman–Crippen MR) is 86.0 cm³/mol. The second-order valence-corrected chi connectivity index (χ2v) is 6.48. The lowest BCUT2D eigenvalue weighted by molar-refractivity contribution is 0.484. The Hall–Kier alpha value is -2.17. The van der Waals surface area contributed by atoms with Crippen LogP contribution in [0.25, 0.3) is 27.1 Å². The van der Waals surface area contributed by atoms with Gasteiger partial charge in [0.15, 0.2) is 0 Å². The fraction of sp³-hybridized carbons (Fsp3) is 0.0588. The quantitative estimate of drug-likeness (QED) is 0.567. The van der Waals surface area contributed by atoms with Gasteiger partial charge in [-0.25, -0.2) is 0 Å². The van der Waals surface area contributed by atoms with Crippen molar-refractivity contribution in [2.45, 2.75) is 11.8 Å². The molecule has 0 radical (unpaired) electrons. The van der Waals surface area contributed by atoms with Crippen molar-refractivity contribution in [3.05, 3.63) is 60.7 Å². The van der Waals surface area contributed by atoms with E-state index in [1.54, 1.807) is 19.1 Å². The third-order valence-corrected chi connectivity index (χ3v) is 4.51. The molecule has 106 valence electrons.